The molecule has 8 nitrogen and oxygen atoms in total. The number of ether oxygens (including phenoxy) is 1. The molecule has 0 saturated heterocycles. The van der Waals surface area contributed by atoms with Gasteiger partial charge in [0.15, 0.2) is 0 Å². The van der Waals surface area contributed by atoms with Gasteiger partial charge in [-0.15, -0.1) is 0 Å². The second-order valence-electron chi connectivity index (χ2n) is 6.94. The van der Waals surface area contributed by atoms with E-state index in [4.69, 9.17) is 4.74 Å². The Morgan fingerprint density at radius 2 is 2.07 bits per heavy atom. The molecule has 9 heteroatoms. The van der Waals surface area contributed by atoms with Crippen molar-refractivity contribution in [1.29, 1.82) is 0 Å². The molecule has 2 aliphatic heterocycles. The Morgan fingerprint density at radius 1 is 1.18 bits per heavy atom. The van der Waals surface area contributed by atoms with Gasteiger partial charge in [0.1, 0.15) is 12.1 Å². The fourth-order valence-electron chi connectivity index (χ4n) is 3.79. The van der Waals surface area contributed by atoms with Gasteiger partial charge < -0.3 is 4.74 Å². The smallest absolute Gasteiger partial charge is 0.252 e. The number of benzene rings is 1. The fourth-order valence-corrected chi connectivity index (χ4v) is 5.22. The van der Waals surface area contributed by atoms with E-state index in [9.17, 15) is 8.42 Å². The van der Waals surface area contributed by atoms with Crippen LogP contribution in [0.4, 0.5) is 0 Å². The van der Waals surface area contributed by atoms with E-state index in [1.807, 2.05) is 13.0 Å². The highest BCUT2D eigenvalue weighted by Crippen LogP contribution is 2.31. The lowest BCUT2D eigenvalue weighted by Gasteiger charge is -2.26. The van der Waals surface area contributed by atoms with Crippen molar-refractivity contribution in [3.8, 4) is 5.75 Å². The summed E-state index contributed by atoms with van der Waals surface area (Å²) in [7, 11) is -3.54. The first-order valence-corrected chi connectivity index (χ1v) is 10.6. The van der Waals surface area contributed by atoms with Crippen LogP contribution in [-0.4, -0.2) is 52.0 Å². The Balaban J connectivity index is 1.42. The van der Waals surface area contributed by atoms with Crippen LogP contribution >= 0.6 is 0 Å². The topological polar surface area (TPSA) is 89.7 Å². The van der Waals surface area contributed by atoms with Crippen LogP contribution in [0.5, 0.6) is 5.75 Å². The number of hydrogen-bond donors (Lipinski definition) is 0. The van der Waals surface area contributed by atoms with E-state index in [-0.39, 0.29) is 0 Å². The van der Waals surface area contributed by atoms with Gasteiger partial charge in [0.05, 0.1) is 17.2 Å². The Morgan fingerprint density at radius 3 is 2.89 bits per heavy atom. The molecule has 0 unspecified atom stereocenters. The molecule has 1 aromatic carbocycles. The standard InChI is InChI=1S/C19H19N5O3S/c1-13-17(11-20-19-21-12-22-24(13)19)14-4-7-23(8-5-14)28(25,26)16-2-3-18-15(10-16)6-9-27-18/h2-4,10-12H,5-9H2,1H3. The first kappa shape index (κ1) is 17.3. The zero-order chi connectivity index (χ0) is 19.3. The first-order chi connectivity index (χ1) is 13.5. The molecule has 2 aromatic heterocycles. The molecule has 0 saturated carbocycles. The highest BCUT2D eigenvalue weighted by molar-refractivity contribution is 7.89. The summed E-state index contributed by atoms with van der Waals surface area (Å²) >= 11 is 0. The van der Waals surface area contributed by atoms with Crippen LogP contribution in [0.2, 0.25) is 0 Å². The number of sulfonamides is 1. The molecule has 0 fully saturated rings. The number of hydrogen-bond acceptors (Lipinski definition) is 6. The van der Waals surface area contributed by atoms with Crippen LogP contribution in [0.15, 0.2) is 41.7 Å². The first-order valence-electron chi connectivity index (χ1n) is 9.15. The number of aromatic nitrogens is 4. The van der Waals surface area contributed by atoms with E-state index in [2.05, 4.69) is 15.1 Å². The van der Waals surface area contributed by atoms with Gasteiger partial charge >= 0.3 is 0 Å². The molecular weight excluding hydrogens is 378 g/mol. The Labute approximate surface area is 162 Å². The van der Waals surface area contributed by atoms with E-state index in [0.717, 1.165) is 34.6 Å². The van der Waals surface area contributed by atoms with Gasteiger partial charge in [-0.3, -0.25) is 0 Å². The summed E-state index contributed by atoms with van der Waals surface area (Å²) in [6.07, 6.45) is 6.60. The lowest BCUT2D eigenvalue weighted by atomic mass is 10.0. The Bertz CT molecular complexity index is 1220. The van der Waals surface area contributed by atoms with Crippen LogP contribution < -0.4 is 4.74 Å². The lowest BCUT2D eigenvalue weighted by molar-refractivity contribution is 0.356. The molecule has 0 aliphatic carbocycles. The summed E-state index contributed by atoms with van der Waals surface area (Å²) in [4.78, 5) is 8.75. The monoisotopic (exact) mass is 397 g/mol. The third kappa shape index (κ3) is 2.70. The molecular formula is C19H19N5O3S. The minimum absolute atomic E-state index is 0.329. The van der Waals surface area contributed by atoms with Crippen molar-refractivity contribution < 1.29 is 13.2 Å². The summed E-state index contributed by atoms with van der Waals surface area (Å²) < 4.78 is 34.8. The van der Waals surface area contributed by atoms with Gasteiger partial charge in [-0.2, -0.15) is 14.4 Å². The van der Waals surface area contributed by atoms with Crippen molar-refractivity contribution in [1.82, 2.24) is 23.9 Å². The molecule has 0 spiro atoms. The van der Waals surface area contributed by atoms with Crippen molar-refractivity contribution >= 4 is 21.4 Å². The van der Waals surface area contributed by atoms with E-state index in [0.29, 0.717) is 36.8 Å². The SMILES string of the molecule is Cc1c(C2=CCN(S(=O)(=O)c3ccc4c(c3)CCO4)CC2)cnc2ncnn12. The Hall–Kier alpha value is -2.78. The van der Waals surface area contributed by atoms with E-state index in [1.165, 1.54) is 10.6 Å². The van der Waals surface area contributed by atoms with Crippen LogP contribution in [-0.2, 0) is 16.4 Å². The molecule has 4 heterocycles. The highest BCUT2D eigenvalue weighted by atomic mass is 32.2. The minimum atomic E-state index is -3.54. The Kier molecular flexibility index (Phi) is 3.95. The minimum Gasteiger partial charge on any atom is -0.493 e. The molecule has 0 amide bonds. The van der Waals surface area contributed by atoms with Crippen molar-refractivity contribution in [3.63, 3.8) is 0 Å². The second-order valence-corrected chi connectivity index (χ2v) is 8.88. The normalized spacial score (nSPS) is 17.4. The molecule has 0 atom stereocenters. The van der Waals surface area contributed by atoms with Gasteiger partial charge in [0, 0.05) is 31.3 Å². The average molecular weight is 397 g/mol. The fraction of sp³-hybridized carbons (Fsp3) is 0.316. The zero-order valence-electron chi connectivity index (χ0n) is 15.4. The predicted molar refractivity (Wildman–Crippen MR) is 103 cm³/mol. The van der Waals surface area contributed by atoms with Crippen molar-refractivity contribution in [2.24, 2.45) is 0 Å². The molecule has 144 valence electrons. The molecule has 3 aromatic rings. The third-order valence-corrected chi connectivity index (χ3v) is 7.22. The second kappa shape index (κ2) is 6.39. The quantitative estimate of drug-likeness (QED) is 0.670. The molecule has 0 radical (unpaired) electrons. The maximum atomic E-state index is 13.1. The third-order valence-electron chi connectivity index (χ3n) is 5.36. The van der Waals surface area contributed by atoms with Gasteiger partial charge in [0.25, 0.3) is 5.78 Å². The van der Waals surface area contributed by atoms with Crippen LogP contribution in [0.1, 0.15) is 23.2 Å². The summed E-state index contributed by atoms with van der Waals surface area (Å²) in [6, 6.07) is 5.12. The number of aryl methyl sites for hydroxylation is 1. The van der Waals surface area contributed by atoms with E-state index < -0.39 is 10.0 Å². The average Bonchev–Trinajstić information content (AvgIpc) is 3.37. The molecule has 2 aliphatic rings. The maximum Gasteiger partial charge on any atom is 0.252 e. The largest absolute Gasteiger partial charge is 0.493 e. The predicted octanol–water partition coefficient (Wildman–Crippen LogP) is 1.85. The summed E-state index contributed by atoms with van der Waals surface area (Å²) in [5.41, 5.74) is 3.96. The van der Waals surface area contributed by atoms with Crippen molar-refractivity contribution in [2.75, 3.05) is 19.7 Å². The summed E-state index contributed by atoms with van der Waals surface area (Å²) in [6.45, 7) is 3.34. The van der Waals surface area contributed by atoms with Gasteiger partial charge in [-0.25, -0.2) is 17.9 Å². The maximum absolute atomic E-state index is 13.1. The van der Waals surface area contributed by atoms with Crippen LogP contribution in [0, 0.1) is 6.92 Å². The number of nitrogens with zero attached hydrogens (tertiary/aromatic N) is 5. The van der Waals surface area contributed by atoms with Crippen LogP contribution in [0.25, 0.3) is 11.4 Å². The summed E-state index contributed by atoms with van der Waals surface area (Å²) in [5.74, 6) is 1.34. The molecule has 0 N–H and O–H groups in total. The van der Waals surface area contributed by atoms with Crippen molar-refractivity contribution in [3.05, 3.63) is 53.6 Å². The van der Waals surface area contributed by atoms with Gasteiger partial charge in [0.2, 0.25) is 10.0 Å². The molecule has 28 heavy (non-hydrogen) atoms. The zero-order valence-corrected chi connectivity index (χ0v) is 16.2. The van der Waals surface area contributed by atoms with Gasteiger partial charge in [-0.05, 0) is 42.7 Å². The molecule has 5 rings (SSSR count). The summed E-state index contributed by atoms with van der Waals surface area (Å²) in [5, 5.41) is 4.20. The van der Waals surface area contributed by atoms with Crippen molar-refractivity contribution in [2.45, 2.75) is 24.7 Å². The van der Waals surface area contributed by atoms with E-state index >= 15 is 0 Å². The highest BCUT2D eigenvalue weighted by Gasteiger charge is 2.28. The number of fused-ring (bicyclic) bond motifs is 2. The number of rotatable bonds is 3. The van der Waals surface area contributed by atoms with E-state index in [1.54, 1.807) is 28.9 Å². The lowest BCUT2D eigenvalue weighted by Crippen LogP contribution is -2.34. The van der Waals surface area contributed by atoms with Gasteiger partial charge in [-0.1, -0.05) is 6.08 Å². The molecule has 0 bridgehead atoms. The van der Waals surface area contributed by atoms with Crippen LogP contribution in [0.3, 0.4) is 0 Å².